The van der Waals surface area contributed by atoms with Gasteiger partial charge in [0.2, 0.25) is 0 Å². The minimum atomic E-state index is -0.824. The summed E-state index contributed by atoms with van der Waals surface area (Å²) in [6.07, 6.45) is 0.599. The molecule has 0 aromatic heterocycles. The molecule has 0 saturated heterocycles. The Hall–Kier alpha value is -1.05. The molecule has 0 saturated carbocycles. The van der Waals surface area contributed by atoms with Gasteiger partial charge in [-0.25, -0.2) is 4.79 Å². The van der Waals surface area contributed by atoms with Crippen LogP contribution in [0.15, 0.2) is 12.7 Å². The van der Waals surface area contributed by atoms with Crippen molar-refractivity contribution in [2.75, 3.05) is 7.11 Å². The predicted molar refractivity (Wildman–Crippen MR) is 43.7 cm³/mol. The average Bonchev–Trinajstić information content (AvgIpc) is 2.13. The smallest absolute Gasteiger partial charge is 1.00 e. The van der Waals surface area contributed by atoms with Gasteiger partial charge in [0.25, 0.3) is 0 Å². The van der Waals surface area contributed by atoms with Crippen LogP contribution in [0, 0.1) is 0 Å². The Morgan fingerprint density at radius 2 is 1.79 bits per heavy atom. The molecule has 0 aromatic carbocycles. The predicted octanol–water partition coefficient (Wildman–Crippen LogP) is -2.69. The van der Waals surface area contributed by atoms with Crippen molar-refractivity contribution in [3.63, 3.8) is 0 Å². The zero-order chi connectivity index (χ0) is 10.3. The third-order valence-electron chi connectivity index (χ3n) is 1.14. The molecule has 0 fully saturated rings. The molecule has 0 N–H and O–H groups in total. The fraction of sp³-hybridized carbons (Fsp3) is 0.375. The van der Waals surface area contributed by atoms with E-state index in [0.717, 1.165) is 6.08 Å². The van der Waals surface area contributed by atoms with Gasteiger partial charge >= 0.3 is 36.8 Å². The molecule has 0 radical (unpaired) electrons. The number of carbonyl (C=O) groups is 3. The number of methoxy groups -OCH3 is 1. The summed E-state index contributed by atoms with van der Waals surface area (Å²) < 4.78 is 8.47. The van der Waals surface area contributed by atoms with Gasteiger partial charge in [-0.2, -0.15) is 0 Å². The summed E-state index contributed by atoms with van der Waals surface area (Å²) in [6, 6.07) is 0. The van der Waals surface area contributed by atoms with E-state index < -0.39 is 17.9 Å². The van der Waals surface area contributed by atoms with E-state index >= 15 is 0 Å². The maximum atomic E-state index is 10.7. The van der Waals surface area contributed by atoms with E-state index in [2.05, 4.69) is 16.1 Å². The Labute approximate surface area is 95.1 Å². The van der Waals surface area contributed by atoms with Crippen LogP contribution in [-0.4, -0.2) is 25.0 Å². The summed E-state index contributed by atoms with van der Waals surface area (Å²) >= 11 is 0. The van der Waals surface area contributed by atoms with Gasteiger partial charge in [0.05, 0.1) is 20.0 Å². The molecule has 14 heavy (non-hydrogen) atoms. The third kappa shape index (κ3) is 7.59. The van der Waals surface area contributed by atoms with Crippen molar-refractivity contribution < 1.29 is 44.1 Å². The second-order valence-electron chi connectivity index (χ2n) is 2.07. The molecular formula is C8H11LiO5. The van der Waals surface area contributed by atoms with E-state index in [9.17, 15) is 14.4 Å². The summed E-state index contributed by atoms with van der Waals surface area (Å²) in [5.41, 5.74) is 0. The van der Waals surface area contributed by atoms with Crippen LogP contribution in [0.4, 0.5) is 0 Å². The quantitative estimate of drug-likeness (QED) is 0.211. The number of esters is 3. The van der Waals surface area contributed by atoms with Gasteiger partial charge in [-0.3, -0.25) is 9.59 Å². The molecule has 0 aliphatic rings. The van der Waals surface area contributed by atoms with E-state index in [-0.39, 0.29) is 33.1 Å². The van der Waals surface area contributed by atoms with Gasteiger partial charge in [-0.15, -0.1) is 0 Å². The first-order chi connectivity index (χ1) is 6.10. The zero-order valence-electron chi connectivity index (χ0n) is 9.24. The second kappa shape index (κ2) is 8.54. The Morgan fingerprint density at radius 1 is 1.29 bits per heavy atom. The zero-order valence-corrected chi connectivity index (χ0v) is 8.24. The van der Waals surface area contributed by atoms with Gasteiger partial charge in [-0.1, -0.05) is 6.58 Å². The first kappa shape index (κ1) is 15.4. The Morgan fingerprint density at radius 3 is 2.21 bits per heavy atom. The Balaban J connectivity index is -0.000000720. The monoisotopic (exact) mass is 194 g/mol. The Kier molecular flexibility index (Phi) is 9.41. The van der Waals surface area contributed by atoms with Crippen molar-refractivity contribution in [2.45, 2.75) is 12.8 Å². The van der Waals surface area contributed by atoms with Crippen LogP contribution >= 0.6 is 0 Å². The minimum Gasteiger partial charge on any atom is -1.00 e. The molecule has 6 heteroatoms. The number of ether oxygens (including phenoxy) is 2. The third-order valence-corrected chi connectivity index (χ3v) is 1.14. The van der Waals surface area contributed by atoms with Crippen molar-refractivity contribution in [3.05, 3.63) is 12.7 Å². The molecule has 74 valence electrons. The largest absolute Gasteiger partial charge is 1.00 e. The Bertz CT molecular complexity index is 241. The number of rotatable bonds is 4. The molecule has 0 atom stereocenters. The van der Waals surface area contributed by atoms with E-state index in [1.54, 1.807) is 0 Å². The summed E-state index contributed by atoms with van der Waals surface area (Å²) in [6.45, 7) is 3.11. The SMILES string of the molecule is C=CC(=O)OC(=O)CCC(=O)OC.[H-].[Li+]. The van der Waals surface area contributed by atoms with Crippen LogP contribution < -0.4 is 18.9 Å². The molecule has 0 aromatic rings. The van der Waals surface area contributed by atoms with Crippen molar-refractivity contribution >= 4 is 17.9 Å². The van der Waals surface area contributed by atoms with E-state index in [1.165, 1.54) is 7.11 Å². The molecular weight excluding hydrogens is 183 g/mol. The van der Waals surface area contributed by atoms with Crippen molar-refractivity contribution in [2.24, 2.45) is 0 Å². The maximum absolute atomic E-state index is 10.7. The van der Waals surface area contributed by atoms with Crippen LogP contribution in [0.1, 0.15) is 14.3 Å². The van der Waals surface area contributed by atoms with E-state index in [4.69, 9.17) is 0 Å². The molecule has 0 heterocycles. The minimum absolute atomic E-state index is 0. The van der Waals surface area contributed by atoms with E-state index in [0.29, 0.717) is 0 Å². The molecule has 0 unspecified atom stereocenters. The fourth-order valence-electron chi connectivity index (χ4n) is 0.511. The van der Waals surface area contributed by atoms with Crippen LogP contribution in [0.2, 0.25) is 0 Å². The van der Waals surface area contributed by atoms with Crippen LogP contribution in [-0.2, 0) is 23.9 Å². The normalized spacial score (nSPS) is 8.07. The molecule has 0 rings (SSSR count). The number of carbonyl (C=O) groups excluding carboxylic acids is 3. The maximum Gasteiger partial charge on any atom is 1.00 e. The number of hydrogen-bond acceptors (Lipinski definition) is 5. The molecule has 0 aliphatic carbocycles. The van der Waals surface area contributed by atoms with Crippen LogP contribution in [0.5, 0.6) is 0 Å². The van der Waals surface area contributed by atoms with Gasteiger partial charge in [0.1, 0.15) is 0 Å². The number of hydrogen-bond donors (Lipinski definition) is 0. The van der Waals surface area contributed by atoms with Gasteiger partial charge in [0, 0.05) is 6.08 Å². The van der Waals surface area contributed by atoms with E-state index in [1.807, 2.05) is 0 Å². The molecule has 0 aliphatic heterocycles. The topological polar surface area (TPSA) is 69.7 Å². The van der Waals surface area contributed by atoms with Gasteiger partial charge in [-0.05, 0) is 0 Å². The van der Waals surface area contributed by atoms with Crippen LogP contribution in [0.3, 0.4) is 0 Å². The fourth-order valence-corrected chi connectivity index (χ4v) is 0.511. The first-order valence-corrected chi connectivity index (χ1v) is 3.54. The molecule has 0 amide bonds. The van der Waals surface area contributed by atoms with Crippen LogP contribution in [0.25, 0.3) is 0 Å². The van der Waals surface area contributed by atoms with Crippen molar-refractivity contribution in [3.8, 4) is 0 Å². The van der Waals surface area contributed by atoms with Gasteiger partial charge in [0.15, 0.2) is 0 Å². The van der Waals surface area contributed by atoms with Crippen molar-refractivity contribution in [1.82, 2.24) is 0 Å². The average molecular weight is 194 g/mol. The summed E-state index contributed by atoms with van der Waals surface area (Å²) in [5.74, 6) is -2.12. The van der Waals surface area contributed by atoms with Gasteiger partial charge < -0.3 is 10.9 Å². The molecule has 0 spiro atoms. The molecule has 0 bridgehead atoms. The summed E-state index contributed by atoms with van der Waals surface area (Å²) in [7, 11) is 1.21. The first-order valence-electron chi connectivity index (χ1n) is 3.54. The molecule has 5 nitrogen and oxygen atoms in total. The van der Waals surface area contributed by atoms with Crippen molar-refractivity contribution in [1.29, 1.82) is 0 Å². The standard InChI is InChI=1S/C8H10O5.Li.H/c1-3-6(9)13-8(11)5-4-7(10)12-2;;/h3H,1,4-5H2,2H3;;/q;+1;-1. The summed E-state index contributed by atoms with van der Waals surface area (Å²) in [5, 5.41) is 0. The second-order valence-corrected chi connectivity index (χ2v) is 2.07. The summed E-state index contributed by atoms with van der Waals surface area (Å²) in [4.78, 5) is 31.7.